The van der Waals surface area contributed by atoms with E-state index in [1.165, 1.54) is 12.8 Å². The molecule has 0 aliphatic heterocycles. The van der Waals surface area contributed by atoms with Crippen molar-refractivity contribution < 1.29 is 14.6 Å². The normalized spacial score (nSPS) is 28.7. The summed E-state index contributed by atoms with van der Waals surface area (Å²) in [5.74, 6) is 0. The Labute approximate surface area is 86.4 Å². The highest BCUT2D eigenvalue weighted by molar-refractivity contribution is 4.73. The molecule has 3 heteroatoms. The molecule has 0 aromatic heterocycles. The van der Waals surface area contributed by atoms with Crippen LogP contribution in [0.1, 0.15) is 38.5 Å². The van der Waals surface area contributed by atoms with Crippen molar-refractivity contribution in [2.45, 2.75) is 50.7 Å². The molecule has 0 amide bonds. The predicted octanol–water partition coefficient (Wildman–Crippen LogP) is 1.73. The van der Waals surface area contributed by atoms with Gasteiger partial charge in [0.05, 0.1) is 12.2 Å². The fraction of sp³-hybridized carbons (Fsp3) is 1.00. The fourth-order valence-corrected chi connectivity index (χ4v) is 1.89. The highest BCUT2D eigenvalue weighted by Crippen LogP contribution is 2.20. The lowest BCUT2D eigenvalue weighted by Crippen LogP contribution is -2.28. The molecule has 1 saturated carbocycles. The molecule has 1 aliphatic rings. The van der Waals surface area contributed by atoms with Crippen LogP contribution < -0.4 is 0 Å². The topological polar surface area (TPSA) is 38.7 Å². The van der Waals surface area contributed by atoms with Gasteiger partial charge in [-0.2, -0.15) is 0 Å². The van der Waals surface area contributed by atoms with Crippen LogP contribution >= 0.6 is 0 Å². The van der Waals surface area contributed by atoms with E-state index in [-0.39, 0.29) is 12.2 Å². The van der Waals surface area contributed by atoms with Gasteiger partial charge < -0.3 is 14.6 Å². The Morgan fingerprint density at radius 1 is 1.14 bits per heavy atom. The number of aliphatic hydroxyl groups excluding tert-OH is 1. The summed E-state index contributed by atoms with van der Waals surface area (Å²) >= 11 is 0. The van der Waals surface area contributed by atoms with Gasteiger partial charge in [-0.15, -0.1) is 0 Å². The molecule has 1 fully saturated rings. The monoisotopic (exact) mass is 202 g/mol. The quantitative estimate of drug-likeness (QED) is 0.545. The number of aliphatic hydroxyl groups is 1. The van der Waals surface area contributed by atoms with Gasteiger partial charge in [0.1, 0.15) is 0 Å². The zero-order valence-corrected chi connectivity index (χ0v) is 9.08. The molecule has 14 heavy (non-hydrogen) atoms. The van der Waals surface area contributed by atoms with Crippen LogP contribution in [0, 0.1) is 0 Å². The van der Waals surface area contributed by atoms with Gasteiger partial charge in [0.25, 0.3) is 0 Å². The van der Waals surface area contributed by atoms with E-state index >= 15 is 0 Å². The molecular weight excluding hydrogens is 180 g/mol. The van der Waals surface area contributed by atoms with Gasteiger partial charge in [0.2, 0.25) is 0 Å². The Balaban J connectivity index is 2.13. The second kappa shape index (κ2) is 7.21. The van der Waals surface area contributed by atoms with Crippen LogP contribution in [0.25, 0.3) is 0 Å². The zero-order valence-electron chi connectivity index (χ0n) is 9.08. The number of ether oxygens (including phenoxy) is 2. The number of hydrogen-bond donors (Lipinski definition) is 1. The minimum atomic E-state index is -0.250. The minimum Gasteiger partial charge on any atom is -0.390 e. The number of rotatable bonds is 5. The minimum absolute atomic E-state index is 0.0642. The van der Waals surface area contributed by atoms with E-state index in [0.717, 1.165) is 32.3 Å². The highest BCUT2D eigenvalue weighted by atomic mass is 16.5. The summed E-state index contributed by atoms with van der Waals surface area (Å²) in [4.78, 5) is 0. The van der Waals surface area contributed by atoms with Gasteiger partial charge in [-0.1, -0.05) is 19.3 Å². The van der Waals surface area contributed by atoms with E-state index in [2.05, 4.69) is 0 Å². The molecule has 0 aromatic carbocycles. The van der Waals surface area contributed by atoms with E-state index in [1.54, 1.807) is 7.11 Å². The van der Waals surface area contributed by atoms with Crippen molar-refractivity contribution in [1.29, 1.82) is 0 Å². The summed E-state index contributed by atoms with van der Waals surface area (Å²) in [6, 6.07) is 0. The largest absolute Gasteiger partial charge is 0.390 e. The number of hydrogen-bond acceptors (Lipinski definition) is 3. The first-order valence-electron chi connectivity index (χ1n) is 5.63. The van der Waals surface area contributed by atoms with Crippen molar-refractivity contribution in [3.63, 3.8) is 0 Å². The van der Waals surface area contributed by atoms with Crippen molar-refractivity contribution in [2.75, 3.05) is 20.3 Å². The van der Waals surface area contributed by atoms with Crippen molar-refractivity contribution in [2.24, 2.45) is 0 Å². The molecule has 0 heterocycles. The molecule has 1 rings (SSSR count). The van der Waals surface area contributed by atoms with Crippen LogP contribution in [-0.2, 0) is 9.47 Å². The summed E-state index contributed by atoms with van der Waals surface area (Å²) in [6.07, 6.45) is 6.19. The lowest BCUT2D eigenvalue weighted by Gasteiger charge is -2.20. The van der Waals surface area contributed by atoms with E-state index in [4.69, 9.17) is 9.47 Å². The van der Waals surface area contributed by atoms with Gasteiger partial charge in [-0.3, -0.25) is 0 Å². The van der Waals surface area contributed by atoms with Crippen LogP contribution in [0.3, 0.4) is 0 Å². The maximum Gasteiger partial charge on any atom is 0.0833 e. The molecule has 1 N–H and O–H groups in total. The van der Waals surface area contributed by atoms with E-state index in [1.807, 2.05) is 0 Å². The van der Waals surface area contributed by atoms with Gasteiger partial charge in [-0.05, 0) is 19.3 Å². The third kappa shape index (κ3) is 4.40. The van der Waals surface area contributed by atoms with E-state index < -0.39 is 0 Å². The Bertz CT molecular complexity index is 138. The van der Waals surface area contributed by atoms with Gasteiger partial charge >= 0.3 is 0 Å². The summed E-state index contributed by atoms with van der Waals surface area (Å²) in [5, 5.41) is 9.75. The molecule has 0 bridgehead atoms. The lowest BCUT2D eigenvalue weighted by atomic mass is 10.1. The Morgan fingerprint density at radius 2 is 1.93 bits per heavy atom. The standard InChI is InChI=1S/C11H22O3/c1-13-8-5-9-14-11-7-4-2-3-6-10(11)12/h10-12H,2-9H2,1H3. The van der Waals surface area contributed by atoms with Gasteiger partial charge in [0.15, 0.2) is 0 Å². The molecule has 84 valence electrons. The van der Waals surface area contributed by atoms with Crippen LogP contribution in [0.2, 0.25) is 0 Å². The Hall–Kier alpha value is -0.120. The van der Waals surface area contributed by atoms with Crippen LogP contribution in [0.5, 0.6) is 0 Å². The van der Waals surface area contributed by atoms with Crippen LogP contribution in [0.15, 0.2) is 0 Å². The fourth-order valence-electron chi connectivity index (χ4n) is 1.89. The third-order valence-corrected chi connectivity index (χ3v) is 2.74. The van der Waals surface area contributed by atoms with E-state index in [9.17, 15) is 5.11 Å². The average molecular weight is 202 g/mol. The maximum atomic E-state index is 9.75. The zero-order chi connectivity index (χ0) is 10.2. The first kappa shape index (κ1) is 12.0. The molecule has 2 atom stereocenters. The Kier molecular flexibility index (Phi) is 6.15. The van der Waals surface area contributed by atoms with Gasteiger partial charge in [-0.25, -0.2) is 0 Å². The smallest absolute Gasteiger partial charge is 0.0833 e. The first-order chi connectivity index (χ1) is 6.84. The van der Waals surface area contributed by atoms with Crippen LogP contribution in [-0.4, -0.2) is 37.6 Å². The SMILES string of the molecule is COCCCOC1CCCCCC1O. The van der Waals surface area contributed by atoms with Gasteiger partial charge in [0, 0.05) is 20.3 Å². The summed E-state index contributed by atoms with van der Waals surface area (Å²) in [7, 11) is 1.69. The molecule has 2 unspecified atom stereocenters. The lowest BCUT2D eigenvalue weighted by molar-refractivity contribution is -0.0444. The molecule has 0 saturated heterocycles. The summed E-state index contributed by atoms with van der Waals surface area (Å²) in [6.45, 7) is 1.44. The molecule has 0 radical (unpaired) electrons. The second-order valence-electron chi connectivity index (χ2n) is 3.96. The summed E-state index contributed by atoms with van der Waals surface area (Å²) < 4.78 is 10.6. The van der Waals surface area contributed by atoms with Crippen molar-refractivity contribution in [3.05, 3.63) is 0 Å². The predicted molar refractivity (Wildman–Crippen MR) is 55.3 cm³/mol. The average Bonchev–Trinajstić information content (AvgIpc) is 2.39. The molecule has 0 spiro atoms. The Morgan fingerprint density at radius 3 is 2.71 bits per heavy atom. The van der Waals surface area contributed by atoms with Crippen molar-refractivity contribution in [3.8, 4) is 0 Å². The maximum absolute atomic E-state index is 9.75. The first-order valence-corrected chi connectivity index (χ1v) is 5.63. The molecule has 1 aliphatic carbocycles. The third-order valence-electron chi connectivity index (χ3n) is 2.74. The number of methoxy groups -OCH3 is 1. The molecule has 3 nitrogen and oxygen atoms in total. The van der Waals surface area contributed by atoms with Crippen molar-refractivity contribution >= 4 is 0 Å². The van der Waals surface area contributed by atoms with E-state index in [0.29, 0.717) is 6.61 Å². The molecular formula is C11H22O3. The van der Waals surface area contributed by atoms with Crippen LogP contribution in [0.4, 0.5) is 0 Å². The second-order valence-corrected chi connectivity index (χ2v) is 3.96. The molecule has 0 aromatic rings. The summed E-state index contributed by atoms with van der Waals surface area (Å²) in [5.41, 5.74) is 0. The van der Waals surface area contributed by atoms with Crippen molar-refractivity contribution in [1.82, 2.24) is 0 Å². The highest BCUT2D eigenvalue weighted by Gasteiger charge is 2.21.